The summed E-state index contributed by atoms with van der Waals surface area (Å²) in [6.07, 6.45) is 0. The van der Waals surface area contributed by atoms with E-state index in [4.69, 9.17) is 21.1 Å². The molecule has 0 atom stereocenters. The third kappa shape index (κ3) is 4.13. The molecule has 1 N–H and O–H groups in total. The van der Waals surface area contributed by atoms with Gasteiger partial charge < -0.3 is 14.8 Å². The molecule has 1 aliphatic heterocycles. The molecular weight excluding hydrogens is 458 g/mol. The minimum absolute atomic E-state index is 0.271. The number of nitrogens with one attached hydrogen (secondary N) is 1. The quantitative estimate of drug-likeness (QED) is 0.519. The molecule has 29 heavy (non-hydrogen) atoms. The third-order valence-electron chi connectivity index (χ3n) is 4.40. The molecule has 0 unspecified atom stereocenters. The normalized spacial score (nSPS) is 12.3. The predicted octanol–water partition coefficient (Wildman–Crippen LogP) is 5.36. The van der Waals surface area contributed by atoms with Crippen LogP contribution in [0.5, 0.6) is 11.5 Å². The van der Waals surface area contributed by atoms with Crippen molar-refractivity contribution in [3.8, 4) is 11.5 Å². The molecule has 1 aliphatic rings. The van der Waals surface area contributed by atoms with Gasteiger partial charge in [-0.05, 0) is 42.5 Å². The van der Waals surface area contributed by atoms with Crippen molar-refractivity contribution in [1.29, 1.82) is 0 Å². The Labute approximate surface area is 180 Å². The molecule has 0 aromatic heterocycles. The van der Waals surface area contributed by atoms with E-state index in [1.807, 2.05) is 0 Å². The van der Waals surface area contributed by atoms with Gasteiger partial charge in [-0.3, -0.25) is 9.59 Å². The zero-order valence-corrected chi connectivity index (χ0v) is 17.4. The molecule has 4 rings (SSSR count). The van der Waals surface area contributed by atoms with Crippen LogP contribution in [-0.2, 0) is 0 Å². The van der Waals surface area contributed by atoms with Gasteiger partial charge >= 0.3 is 0 Å². The number of ether oxygens (including phenoxy) is 2. The fourth-order valence-electron chi connectivity index (χ4n) is 2.97. The van der Waals surface area contributed by atoms with Crippen molar-refractivity contribution < 1.29 is 19.1 Å². The van der Waals surface area contributed by atoms with E-state index in [1.54, 1.807) is 60.7 Å². The van der Waals surface area contributed by atoms with Crippen LogP contribution >= 0.6 is 27.5 Å². The fraction of sp³-hybridized carbons (Fsp3) is 0.0909. The van der Waals surface area contributed by atoms with Crippen LogP contribution < -0.4 is 14.8 Å². The maximum atomic E-state index is 13.2. The first-order chi connectivity index (χ1) is 14.0. The maximum Gasteiger partial charge on any atom is 0.255 e. The van der Waals surface area contributed by atoms with E-state index in [-0.39, 0.29) is 17.3 Å². The van der Waals surface area contributed by atoms with Crippen molar-refractivity contribution in [3.63, 3.8) is 0 Å². The number of carbonyl (C=O) groups excluding carboxylic acids is 2. The average molecular weight is 473 g/mol. The lowest BCUT2D eigenvalue weighted by Gasteiger charge is -2.21. The molecule has 1 amide bonds. The zero-order valence-electron chi connectivity index (χ0n) is 15.1. The van der Waals surface area contributed by atoms with Gasteiger partial charge in [0.2, 0.25) is 0 Å². The minimum atomic E-state index is -0.345. The highest BCUT2D eigenvalue weighted by atomic mass is 79.9. The Morgan fingerprint density at radius 2 is 1.55 bits per heavy atom. The van der Waals surface area contributed by atoms with Crippen LogP contribution in [0.4, 0.5) is 5.69 Å². The molecule has 0 saturated heterocycles. The van der Waals surface area contributed by atoms with E-state index >= 15 is 0 Å². The summed E-state index contributed by atoms with van der Waals surface area (Å²) >= 11 is 9.56. The van der Waals surface area contributed by atoms with Gasteiger partial charge in [0.15, 0.2) is 17.3 Å². The second kappa shape index (κ2) is 8.27. The number of hydrogen-bond acceptors (Lipinski definition) is 4. The van der Waals surface area contributed by atoms with E-state index in [9.17, 15) is 9.59 Å². The van der Waals surface area contributed by atoms with Crippen LogP contribution in [0.15, 0.2) is 65.1 Å². The number of anilines is 1. The van der Waals surface area contributed by atoms with E-state index in [0.29, 0.717) is 46.5 Å². The SMILES string of the molecule is O=C(Nc1cc2c(cc1C(=O)c1ccccc1Cl)OCCO2)c1ccc(Br)cc1. The van der Waals surface area contributed by atoms with E-state index in [1.165, 1.54) is 0 Å². The molecule has 1 heterocycles. The average Bonchev–Trinajstić information content (AvgIpc) is 2.73. The molecule has 146 valence electrons. The minimum Gasteiger partial charge on any atom is -0.486 e. The third-order valence-corrected chi connectivity index (χ3v) is 5.26. The number of carbonyl (C=O) groups is 2. The van der Waals surface area contributed by atoms with Crippen LogP contribution in [0.2, 0.25) is 5.02 Å². The highest BCUT2D eigenvalue weighted by Crippen LogP contribution is 2.37. The van der Waals surface area contributed by atoms with E-state index < -0.39 is 0 Å². The molecule has 0 saturated carbocycles. The Kier molecular flexibility index (Phi) is 5.56. The molecule has 5 nitrogen and oxygen atoms in total. The number of benzene rings is 3. The first kappa shape index (κ1) is 19.5. The second-order valence-corrected chi connectivity index (χ2v) is 7.63. The Morgan fingerprint density at radius 3 is 2.24 bits per heavy atom. The van der Waals surface area contributed by atoms with Gasteiger partial charge in [-0.15, -0.1) is 0 Å². The highest BCUT2D eigenvalue weighted by Gasteiger charge is 2.23. The number of fused-ring (bicyclic) bond motifs is 1. The van der Waals surface area contributed by atoms with Crippen molar-refractivity contribution >= 4 is 44.9 Å². The summed E-state index contributed by atoms with van der Waals surface area (Å²) in [6, 6.07) is 16.9. The van der Waals surface area contributed by atoms with Crippen LogP contribution in [0.1, 0.15) is 26.3 Å². The fourth-order valence-corrected chi connectivity index (χ4v) is 3.45. The number of rotatable bonds is 4. The summed E-state index contributed by atoms with van der Waals surface area (Å²) in [6.45, 7) is 0.780. The molecule has 3 aromatic rings. The molecule has 0 fully saturated rings. The molecule has 0 radical (unpaired) electrons. The number of amides is 1. The molecular formula is C22H15BrClNO4. The van der Waals surface area contributed by atoms with Crippen LogP contribution in [-0.4, -0.2) is 24.9 Å². The predicted molar refractivity (Wildman–Crippen MR) is 114 cm³/mol. The summed E-state index contributed by atoms with van der Waals surface area (Å²) in [7, 11) is 0. The van der Waals surface area contributed by atoms with Crippen molar-refractivity contribution in [2.75, 3.05) is 18.5 Å². The van der Waals surface area contributed by atoms with Gasteiger partial charge in [-0.2, -0.15) is 0 Å². The van der Waals surface area contributed by atoms with Crippen molar-refractivity contribution in [1.82, 2.24) is 0 Å². The van der Waals surface area contributed by atoms with Gasteiger partial charge in [0, 0.05) is 21.7 Å². The summed E-state index contributed by atoms with van der Waals surface area (Å²) in [5, 5.41) is 3.14. The van der Waals surface area contributed by atoms with Crippen molar-refractivity contribution in [2.24, 2.45) is 0 Å². The van der Waals surface area contributed by atoms with Gasteiger partial charge in [0.1, 0.15) is 13.2 Å². The summed E-state index contributed by atoms with van der Waals surface area (Å²) in [4.78, 5) is 25.9. The maximum absolute atomic E-state index is 13.2. The number of halogens is 2. The van der Waals surface area contributed by atoms with Crippen molar-refractivity contribution in [2.45, 2.75) is 0 Å². The van der Waals surface area contributed by atoms with E-state index in [2.05, 4.69) is 21.2 Å². The van der Waals surface area contributed by atoms with Gasteiger partial charge in [0.05, 0.1) is 16.3 Å². The number of ketones is 1. The topological polar surface area (TPSA) is 64.6 Å². The van der Waals surface area contributed by atoms with Crippen LogP contribution in [0.3, 0.4) is 0 Å². The highest BCUT2D eigenvalue weighted by molar-refractivity contribution is 9.10. The molecule has 0 bridgehead atoms. The summed E-state index contributed by atoms with van der Waals surface area (Å²) < 4.78 is 12.1. The smallest absolute Gasteiger partial charge is 0.255 e. The van der Waals surface area contributed by atoms with Gasteiger partial charge in [0.25, 0.3) is 5.91 Å². The lowest BCUT2D eigenvalue weighted by Crippen LogP contribution is -2.19. The van der Waals surface area contributed by atoms with Crippen LogP contribution in [0.25, 0.3) is 0 Å². The lowest BCUT2D eigenvalue weighted by atomic mass is 10.00. The molecule has 7 heteroatoms. The van der Waals surface area contributed by atoms with Crippen molar-refractivity contribution in [3.05, 3.63) is 86.8 Å². The van der Waals surface area contributed by atoms with E-state index in [0.717, 1.165) is 4.47 Å². The number of hydrogen-bond donors (Lipinski definition) is 1. The molecule has 3 aromatic carbocycles. The molecule has 0 spiro atoms. The first-order valence-corrected chi connectivity index (χ1v) is 10.00. The monoisotopic (exact) mass is 471 g/mol. The molecule has 0 aliphatic carbocycles. The summed E-state index contributed by atoms with van der Waals surface area (Å²) in [5.41, 5.74) is 1.39. The second-order valence-electron chi connectivity index (χ2n) is 6.31. The Balaban J connectivity index is 1.75. The Hall–Kier alpha value is -2.83. The standard InChI is InChI=1S/C22H15BrClNO4/c23-14-7-5-13(6-8-14)22(27)25-18-12-20-19(28-9-10-29-20)11-16(18)21(26)15-3-1-2-4-17(15)24/h1-8,11-12H,9-10H2,(H,25,27). The zero-order chi connectivity index (χ0) is 20.4. The van der Waals surface area contributed by atoms with Gasteiger partial charge in [-0.25, -0.2) is 0 Å². The first-order valence-electron chi connectivity index (χ1n) is 8.83. The lowest BCUT2D eigenvalue weighted by molar-refractivity contribution is 0.102. The Morgan fingerprint density at radius 1 is 0.897 bits per heavy atom. The van der Waals surface area contributed by atoms with Crippen LogP contribution in [0, 0.1) is 0 Å². The largest absolute Gasteiger partial charge is 0.486 e. The summed E-state index contributed by atoms with van der Waals surface area (Å²) in [5.74, 6) is 0.257. The Bertz CT molecular complexity index is 1100. The van der Waals surface area contributed by atoms with Gasteiger partial charge in [-0.1, -0.05) is 39.7 Å².